The van der Waals surface area contributed by atoms with Crippen molar-refractivity contribution in [1.29, 1.82) is 5.26 Å². The number of sulfonamides is 1. The second kappa shape index (κ2) is 7.26. The number of rotatable bonds is 6. The SMILES string of the molecule is CCC(c1ccc(C#N)cc1)(C(C)O)n1ncc2c(NS(C)(=O)=O)cccc21. The van der Waals surface area contributed by atoms with E-state index in [1.54, 1.807) is 42.1 Å². The summed E-state index contributed by atoms with van der Waals surface area (Å²) in [5.74, 6) is 0. The number of benzene rings is 2. The van der Waals surface area contributed by atoms with Crippen molar-refractivity contribution in [3.63, 3.8) is 0 Å². The number of anilines is 1. The summed E-state index contributed by atoms with van der Waals surface area (Å²) in [6.45, 7) is 3.66. The Morgan fingerprint density at radius 2 is 1.96 bits per heavy atom. The Balaban J connectivity index is 2.26. The fourth-order valence-corrected chi connectivity index (χ4v) is 4.26. The highest BCUT2D eigenvalue weighted by Gasteiger charge is 2.39. The van der Waals surface area contributed by atoms with Crippen molar-refractivity contribution in [2.24, 2.45) is 0 Å². The Morgan fingerprint density at radius 3 is 2.50 bits per heavy atom. The number of hydrogen-bond donors (Lipinski definition) is 2. The lowest BCUT2D eigenvalue weighted by Gasteiger charge is -2.37. The van der Waals surface area contributed by atoms with E-state index in [1.807, 2.05) is 25.1 Å². The van der Waals surface area contributed by atoms with Gasteiger partial charge in [-0.2, -0.15) is 10.4 Å². The van der Waals surface area contributed by atoms with E-state index >= 15 is 0 Å². The van der Waals surface area contributed by atoms with E-state index in [1.165, 1.54) is 0 Å². The number of hydrogen-bond acceptors (Lipinski definition) is 5. The number of nitrogens with one attached hydrogen (secondary N) is 1. The molecule has 0 radical (unpaired) electrons. The fourth-order valence-electron chi connectivity index (χ4n) is 3.68. The van der Waals surface area contributed by atoms with E-state index in [0.717, 1.165) is 11.8 Å². The van der Waals surface area contributed by atoms with Gasteiger partial charge in [0.25, 0.3) is 0 Å². The van der Waals surface area contributed by atoms with Gasteiger partial charge in [-0.1, -0.05) is 25.1 Å². The molecule has 0 aliphatic heterocycles. The van der Waals surface area contributed by atoms with Crippen molar-refractivity contribution in [3.05, 3.63) is 59.8 Å². The van der Waals surface area contributed by atoms with E-state index in [0.29, 0.717) is 28.6 Å². The Morgan fingerprint density at radius 1 is 1.29 bits per heavy atom. The van der Waals surface area contributed by atoms with Crippen LogP contribution in [0.1, 0.15) is 31.4 Å². The van der Waals surface area contributed by atoms with Gasteiger partial charge >= 0.3 is 0 Å². The van der Waals surface area contributed by atoms with Crippen LogP contribution in [-0.2, 0) is 15.6 Å². The third kappa shape index (κ3) is 3.35. The first-order valence-electron chi connectivity index (χ1n) is 8.86. The number of nitrogens with zero attached hydrogens (tertiary/aromatic N) is 3. The normalized spacial score (nSPS) is 15.0. The number of nitriles is 1. The Kier molecular flexibility index (Phi) is 5.15. The molecule has 0 saturated carbocycles. The Hall–Kier alpha value is -2.89. The highest BCUT2D eigenvalue weighted by atomic mass is 32.2. The third-order valence-electron chi connectivity index (χ3n) is 5.03. The van der Waals surface area contributed by atoms with Crippen LogP contribution in [0.2, 0.25) is 0 Å². The van der Waals surface area contributed by atoms with Crippen LogP contribution in [0.25, 0.3) is 10.9 Å². The van der Waals surface area contributed by atoms with Gasteiger partial charge in [0.05, 0.1) is 41.4 Å². The third-order valence-corrected chi connectivity index (χ3v) is 5.62. The van der Waals surface area contributed by atoms with Crippen molar-refractivity contribution < 1.29 is 13.5 Å². The molecular weight excluding hydrogens is 376 g/mol. The van der Waals surface area contributed by atoms with Crippen molar-refractivity contribution in [1.82, 2.24) is 9.78 Å². The van der Waals surface area contributed by atoms with E-state index in [4.69, 9.17) is 5.26 Å². The first-order valence-corrected chi connectivity index (χ1v) is 10.8. The first-order chi connectivity index (χ1) is 13.2. The molecule has 1 aromatic heterocycles. The lowest BCUT2D eigenvalue weighted by Crippen LogP contribution is -2.45. The molecule has 2 N–H and O–H groups in total. The summed E-state index contributed by atoms with van der Waals surface area (Å²) in [4.78, 5) is 0. The molecule has 2 unspecified atom stereocenters. The molecule has 0 fully saturated rings. The summed E-state index contributed by atoms with van der Waals surface area (Å²) >= 11 is 0. The predicted molar refractivity (Wildman–Crippen MR) is 108 cm³/mol. The summed E-state index contributed by atoms with van der Waals surface area (Å²) in [6.07, 6.45) is 2.44. The highest BCUT2D eigenvalue weighted by Crippen LogP contribution is 2.37. The van der Waals surface area contributed by atoms with Crippen LogP contribution in [0, 0.1) is 11.3 Å². The molecule has 8 heteroatoms. The molecule has 0 aliphatic rings. The van der Waals surface area contributed by atoms with Gasteiger partial charge in [-0.05, 0) is 43.2 Å². The molecule has 0 aliphatic carbocycles. The van der Waals surface area contributed by atoms with Crippen LogP contribution in [0.4, 0.5) is 5.69 Å². The maximum absolute atomic E-state index is 11.7. The zero-order valence-corrected chi connectivity index (χ0v) is 16.7. The molecular formula is C20H22N4O3S. The molecule has 2 aromatic carbocycles. The summed E-state index contributed by atoms with van der Waals surface area (Å²) in [7, 11) is -3.44. The largest absolute Gasteiger partial charge is 0.391 e. The molecule has 0 saturated heterocycles. The molecule has 3 aromatic rings. The van der Waals surface area contributed by atoms with Gasteiger partial charge in [-0.15, -0.1) is 0 Å². The second-order valence-electron chi connectivity index (χ2n) is 6.81. The lowest BCUT2D eigenvalue weighted by atomic mass is 9.82. The number of aliphatic hydroxyl groups excluding tert-OH is 1. The molecule has 1 heterocycles. The van der Waals surface area contributed by atoms with Gasteiger partial charge < -0.3 is 5.11 Å². The van der Waals surface area contributed by atoms with Gasteiger partial charge in [-0.3, -0.25) is 9.40 Å². The molecule has 0 spiro atoms. The maximum Gasteiger partial charge on any atom is 0.229 e. The van der Waals surface area contributed by atoms with Gasteiger partial charge in [0.15, 0.2) is 0 Å². The number of aliphatic hydroxyl groups is 1. The summed E-state index contributed by atoms with van der Waals surface area (Å²) < 4.78 is 27.6. The second-order valence-corrected chi connectivity index (χ2v) is 8.56. The van der Waals surface area contributed by atoms with Crippen LogP contribution in [0.15, 0.2) is 48.7 Å². The summed E-state index contributed by atoms with van der Waals surface area (Å²) in [6, 6.07) is 14.4. The fraction of sp³-hybridized carbons (Fsp3) is 0.300. The molecule has 7 nitrogen and oxygen atoms in total. The standard InChI is InChI=1S/C20H22N4O3S/c1-4-20(14(2)25,16-10-8-15(12-21)9-11-16)24-19-7-5-6-18(17(19)13-22-24)23-28(3,26)27/h5-11,13-14,23,25H,4H2,1-3H3. The Bertz CT molecular complexity index is 1140. The van der Waals surface area contributed by atoms with Gasteiger partial charge in [0.1, 0.15) is 5.54 Å². The molecule has 28 heavy (non-hydrogen) atoms. The smallest absolute Gasteiger partial charge is 0.229 e. The van der Waals surface area contributed by atoms with Gasteiger partial charge in [0.2, 0.25) is 10.0 Å². The zero-order chi connectivity index (χ0) is 20.5. The van der Waals surface area contributed by atoms with Crippen LogP contribution >= 0.6 is 0 Å². The molecule has 2 atom stereocenters. The van der Waals surface area contributed by atoms with E-state index in [2.05, 4.69) is 15.9 Å². The average molecular weight is 398 g/mol. The maximum atomic E-state index is 11.7. The topological polar surface area (TPSA) is 108 Å². The molecule has 0 bridgehead atoms. The summed E-state index contributed by atoms with van der Waals surface area (Å²) in [5.41, 5.74) is 1.60. The Labute approximate surface area is 164 Å². The van der Waals surface area contributed by atoms with Crippen molar-refractivity contribution >= 4 is 26.6 Å². The van der Waals surface area contributed by atoms with E-state index in [9.17, 15) is 13.5 Å². The van der Waals surface area contributed by atoms with Crippen molar-refractivity contribution in [3.8, 4) is 6.07 Å². The van der Waals surface area contributed by atoms with E-state index in [-0.39, 0.29) is 0 Å². The molecule has 3 rings (SSSR count). The van der Waals surface area contributed by atoms with E-state index < -0.39 is 21.7 Å². The van der Waals surface area contributed by atoms with Gasteiger partial charge in [-0.25, -0.2) is 8.42 Å². The zero-order valence-electron chi connectivity index (χ0n) is 15.9. The minimum absolute atomic E-state index is 0.432. The number of aromatic nitrogens is 2. The number of fused-ring (bicyclic) bond motifs is 1. The van der Waals surface area contributed by atoms with Crippen molar-refractivity contribution in [2.45, 2.75) is 31.9 Å². The van der Waals surface area contributed by atoms with Crippen LogP contribution in [0.5, 0.6) is 0 Å². The van der Waals surface area contributed by atoms with Crippen LogP contribution in [0.3, 0.4) is 0 Å². The molecule has 0 amide bonds. The first kappa shape index (κ1) is 19.9. The average Bonchev–Trinajstić information content (AvgIpc) is 3.07. The highest BCUT2D eigenvalue weighted by molar-refractivity contribution is 7.92. The van der Waals surface area contributed by atoms with Crippen molar-refractivity contribution in [2.75, 3.05) is 11.0 Å². The quantitative estimate of drug-likeness (QED) is 0.664. The lowest BCUT2D eigenvalue weighted by molar-refractivity contribution is 0.0669. The minimum Gasteiger partial charge on any atom is -0.391 e. The van der Waals surface area contributed by atoms with Gasteiger partial charge in [0, 0.05) is 5.39 Å². The summed E-state index contributed by atoms with van der Waals surface area (Å²) in [5, 5.41) is 25.0. The van der Waals surface area contributed by atoms with Crippen LogP contribution < -0.4 is 4.72 Å². The monoisotopic (exact) mass is 398 g/mol. The predicted octanol–water partition coefficient (Wildman–Crippen LogP) is 2.81. The minimum atomic E-state index is -3.44. The molecule has 146 valence electrons. The van der Waals surface area contributed by atoms with Crippen LogP contribution in [-0.4, -0.2) is 35.7 Å².